The van der Waals surface area contributed by atoms with Crippen LogP contribution in [-0.4, -0.2) is 95.2 Å². The van der Waals surface area contributed by atoms with Crippen molar-refractivity contribution >= 4 is 28.4 Å². The van der Waals surface area contributed by atoms with Crippen LogP contribution in [0.5, 0.6) is 0 Å². The summed E-state index contributed by atoms with van der Waals surface area (Å²) < 4.78 is 0. The normalized spacial score (nSPS) is 16.8. The molecule has 0 aliphatic carbocycles. The van der Waals surface area contributed by atoms with Gasteiger partial charge >= 0.3 is 0 Å². The number of anilines is 2. The molecule has 1 aromatic carbocycles. The molecule has 3 heterocycles. The van der Waals surface area contributed by atoms with Gasteiger partial charge in [0.05, 0.1) is 6.61 Å². The van der Waals surface area contributed by atoms with E-state index in [2.05, 4.69) is 43.4 Å². The van der Waals surface area contributed by atoms with Crippen molar-refractivity contribution in [3.05, 3.63) is 54.5 Å². The highest BCUT2D eigenvalue weighted by atomic mass is 16.3. The number of rotatable bonds is 9. The SMILES string of the molecule is CC(=O)N1CCN(CCNc2nccc(N(C)CCO)n2)CC(Cc2cncc3ccccc23)C1. The van der Waals surface area contributed by atoms with Crippen molar-refractivity contribution < 1.29 is 9.90 Å². The molecule has 1 aliphatic rings. The van der Waals surface area contributed by atoms with Gasteiger partial charge < -0.3 is 20.2 Å². The standard InChI is InChI=1S/C26H35N7O2/c1-20(35)33-12-11-32(10-9-29-26-28-8-7-25(30-26)31(2)13-14-34)18-21(19-33)15-23-17-27-16-22-5-3-4-6-24(22)23/h3-8,16-17,21,34H,9-15,18-19H2,1-2H3,(H,28,29,30). The number of amides is 1. The number of aromatic nitrogens is 3. The third kappa shape index (κ3) is 6.64. The molecule has 1 atom stereocenters. The number of aliphatic hydroxyl groups is 1. The molecular formula is C26H35N7O2. The summed E-state index contributed by atoms with van der Waals surface area (Å²) in [6, 6.07) is 10.2. The van der Waals surface area contributed by atoms with Crippen LogP contribution in [0.25, 0.3) is 10.8 Å². The van der Waals surface area contributed by atoms with Gasteiger partial charge in [0.25, 0.3) is 0 Å². The molecule has 1 fully saturated rings. The van der Waals surface area contributed by atoms with Crippen molar-refractivity contribution in [2.45, 2.75) is 13.3 Å². The molecule has 1 saturated heterocycles. The molecule has 9 heteroatoms. The number of likely N-dealkylation sites (N-methyl/N-ethyl adjacent to an activating group) is 1. The summed E-state index contributed by atoms with van der Waals surface area (Å²) in [5.41, 5.74) is 1.23. The minimum Gasteiger partial charge on any atom is -0.395 e. The molecule has 1 amide bonds. The fourth-order valence-electron chi connectivity index (χ4n) is 4.69. The van der Waals surface area contributed by atoms with Crippen molar-refractivity contribution in [1.82, 2.24) is 24.8 Å². The first-order chi connectivity index (χ1) is 17.0. The van der Waals surface area contributed by atoms with Crippen molar-refractivity contribution in [3.63, 3.8) is 0 Å². The Morgan fingerprint density at radius 2 is 2.06 bits per heavy atom. The number of hydrogen-bond donors (Lipinski definition) is 2. The number of carbonyl (C=O) groups excluding carboxylic acids is 1. The quantitative estimate of drug-likeness (QED) is 0.482. The molecule has 4 rings (SSSR count). The summed E-state index contributed by atoms with van der Waals surface area (Å²) in [4.78, 5) is 31.9. The summed E-state index contributed by atoms with van der Waals surface area (Å²) in [6.45, 7) is 7.02. The molecule has 2 aromatic heterocycles. The molecule has 0 saturated carbocycles. The fourth-order valence-corrected chi connectivity index (χ4v) is 4.69. The summed E-state index contributed by atoms with van der Waals surface area (Å²) >= 11 is 0. The zero-order valence-corrected chi connectivity index (χ0v) is 20.6. The highest BCUT2D eigenvalue weighted by Gasteiger charge is 2.25. The van der Waals surface area contributed by atoms with Crippen LogP contribution in [0.4, 0.5) is 11.8 Å². The van der Waals surface area contributed by atoms with Crippen molar-refractivity contribution in [2.24, 2.45) is 5.92 Å². The molecule has 9 nitrogen and oxygen atoms in total. The average Bonchev–Trinajstić information content (AvgIpc) is 3.07. The lowest BCUT2D eigenvalue weighted by Crippen LogP contribution is -2.35. The van der Waals surface area contributed by atoms with Crippen LogP contribution in [0.3, 0.4) is 0 Å². The second-order valence-corrected chi connectivity index (χ2v) is 9.17. The lowest BCUT2D eigenvalue weighted by atomic mass is 9.96. The number of fused-ring (bicyclic) bond motifs is 1. The topological polar surface area (TPSA) is 97.7 Å². The number of aliphatic hydroxyl groups excluding tert-OH is 1. The van der Waals surface area contributed by atoms with E-state index >= 15 is 0 Å². The van der Waals surface area contributed by atoms with Gasteiger partial charge in [-0.2, -0.15) is 4.98 Å². The van der Waals surface area contributed by atoms with E-state index in [9.17, 15) is 4.79 Å². The van der Waals surface area contributed by atoms with E-state index in [1.54, 1.807) is 13.1 Å². The van der Waals surface area contributed by atoms with Gasteiger partial charge in [-0.3, -0.25) is 14.7 Å². The van der Waals surface area contributed by atoms with E-state index in [1.165, 1.54) is 10.9 Å². The summed E-state index contributed by atoms with van der Waals surface area (Å²) in [5.74, 6) is 1.79. The molecule has 1 aliphatic heterocycles. The third-order valence-corrected chi connectivity index (χ3v) is 6.56. The Labute approximate surface area is 206 Å². The van der Waals surface area contributed by atoms with E-state index < -0.39 is 0 Å². The van der Waals surface area contributed by atoms with E-state index in [-0.39, 0.29) is 12.5 Å². The van der Waals surface area contributed by atoms with Crippen LogP contribution >= 0.6 is 0 Å². The van der Waals surface area contributed by atoms with Gasteiger partial charge in [0, 0.05) is 83.8 Å². The Kier molecular flexibility index (Phi) is 8.44. The maximum absolute atomic E-state index is 12.2. The number of benzene rings is 1. The number of carbonyl (C=O) groups is 1. The fraction of sp³-hybridized carbons (Fsp3) is 0.462. The van der Waals surface area contributed by atoms with Crippen LogP contribution in [0.2, 0.25) is 0 Å². The average molecular weight is 478 g/mol. The first kappa shape index (κ1) is 24.8. The minimum absolute atomic E-state index is 0.0749. The summed E-state index contributed by atoms with van der Waals surface area (Å²) in [6.07, 6.45) is 6.48. The van der Waals surface area contributed by atoms with Gasteiger partial charge in [-0.15, -0.1) is 0 Å². The monoisotopic (exact) mass is 477 g/mol. The van der Waals surface area contributed by atoms with Crippen LogP contribution in [-0.2, 0) is 11.2 Å². The second kappa shape index (κ2) is 11.9. The number of nitrogens with zero attached hydrogens (tertiary/aromatic N) is 6. The van der Waals surface area contributed by atoms with Gasteiger partial charge in [-0.05, 0) is 29.4 Å². The van der Waals surface area contributed by atoms with E-state index in [4.69, 9.17) is 5.11 Å². The van der Waals surface area contributed by atoms with Crippen LogP contribution in [0, 0.1) is 5.92 Å². The number of nitrogens with one attached hydrogen (secondary N) is 1. The van der Waals surface area contributed by atoms with Crippen LogP contribution < -0.4 is 10.2 Å². The van der Waals surface area contributed by atoms with Crippen molar-refractivity contribution in [1.29, 1.82) is 0 Å². The Morgan fingerprint density at radius 3 is 2.89 bits per heavy atom. The molecule has 0 spiro atoms. The minimum atomic E-state index is 0.0749. The second-order valence-electron chi connectivity index (χ2n) is 9.17. The lowest BCUT2D eigenvalue weighted by Gasteiger charge is -2.25. The Morgan fingerprint density at radius 1 is 1.20 bits per heavy atom. The Bertz CT molecular complexity index is 1120. The first-order valence-corrected chi connectivity index (χ1v) is 12.2. The van der Waals surface area contributed by atoms with Gasteiger partial charge in [0.1, 0.15) is 5.82 Å². The predicted molar refractivity (Wildman–Crippen MR) is 139 cm³/mol. The van der Waals surface area contributed by atoms with Gasteiger partial charge in [-0.25, -0.2) is 4.98 Å². The largest absolute Gasteiger partial charge is 0.395 e. The highest BCUT2D eigenvalue weighted by Crippen LogP contribution is 2.22. The molecule has 3 aromatic rings. The molecule has 1 unspecified atom stereocenters. The zero-order chi connectivity index (χ0) is 24.6. The van der Waals surface area contributed by atoms with E-state index in [1.807, 2.05) is 41.4 Å². The molecule has 35 heavy (non-hydrogen) atoms. The summed E-state index contributed by atoms with van der Waals surface area (Å²) in [5, 5.41) is 14.9. The number of hydrogen-bond acceptors (Lipinski definition) is 8. The highest BCUT2D eigenvalue weighted by molar-refractivity contribution is 5.84. The maximum atomic E-state index is 12.2. The van der Waals surface area contributed by atoms with Gasteiger partial charge in [0.15, 0.2) is 0 Å². The van der Waals surface area contributed by atoms with E-state index in [0.717, 1.165) is 50.3 Å². The van der Waals surface area contributed by atoms with Crippen LogP contribution in [0.1, 0.15) is 12.5 Å². The molecule has 0 bridgehead atoms. The zero-order valence-electron chi connectivity index (χ0n) is 20.6. The molecule has 2 N–H and O–H groups in total. The smallest absolute Gasteiger partial charge is 0.224 e. The summed E-state index contributed by atoms with van der Waals surface area (Å²) in [7, 11) is 1.89. The van der Waals surface area contributed by atoms with Crippen LogP contribution in [0.15, 0.2) is 48.9 Å². The third-order valence-electron chi connectivity index (χ3n) is 6.56. The van der Waals surface area contributed by atoms with Gasteiger partial charge in [-0.1, -0.05) is 24.3 Å². The molecule has 186 valence electrons. The Hall–Kier alpha value is -3.30. The van der Waals surface area contributed by atoms with Gasteiger partial charge in [0.2, 0.25) is 11.9 Å². The first-order valence-electron chi connectivity index (χ1n) is 12.2. The van der Waals surface area contributed by atoms with E-state index in [0.29, 0.717) is 25.0 Å². The molecule has 0 radical (unpaired) electrons. The van der Waals surface area contributed by atoms with Crippen molar-refractivity contribution in [3.8, 4) is 0 Å². The Balaban J connectivity index is 1.40. The maximum Gasteiger partial charge on any atom is 0.224 e. The lowest BCUT2D eigenvalue weighted by molar-refractivity contribution is -0.129. The van der Waals surface area contributed by atoms with Crippen molar-refractivity contribution in [2.75, 3.05) is 69.7 Å². The molecular weight excluding hydrogens is 442 g/mol. The predicted octanol–water partition coefficient (Wildman–Crippen LogP) is 1.89. The number of pyridine rings is 1.